The highest BCUT2D eigenvalue weighted by molar-refractivity contribution is 6.40. The number of amides is 1. The molecule has 1 amide bonds. The number of unbranched alkanes of at least 4 members (excludes halogenated alkanes) is 3. The van der Waals surface area contributed by atoms with Crippen LogP contribution in [0, 0.1) is 0 Å². The Balaban J connectivity index is 0. The number of carbonyl (C=O) groups is 1. The molecule has 1 heterocycles. The molecule has 0 aliphatic heterocycles. The van der Waals surface area contributed by atoms with Gasteiger partial charge in [-0.25, -0.2) is 9.78 Å². The SMILES string of the molecule is CCCCCC.CCCN(CCOc1c(Cl)cc(Cl)cc1Cl)C(=O)n1ccnc1.Cl.Cl. The number of carbonyl (C=O) groups excluding carboxylic acids is 1. The topological polar surface area (TPSA) is 47.4 Å². The van der Waals surface area contributed by atoms with Crippen LogP contribution < -0.4 is 4.74 Å². The van der Waals surface area contributed by atoms with Crippen molar-refractivity contribution < 1.29 is 9.53 Å². The summed E-state index contributed by atoms with van der Waals surface area (Å²) in [5.74, 6) is 0.365. The highest BCUT2D eigenvalue weighted by Crippen LogP contribution is 2.35. The third-order valence-corrected chi connectivity index (χ3v) is 4.80. The molecule has 0 unspecified atom stereocenters. The van der Waals surface area contributed by atoms with Crippen molar-refractivity contribution in [3.8, 4) is 5.75 Å². The van der Waals surface area contributed by atoms with Gasteiger partial charge in [-0.15, -0.1) is 24.8 Å². The molecule has 0 spiro atoms. The Morgan fingerprint density at radius 1 is 1.00 bits per heavy atom. The second-order valence-electron chi connectivity index (χ2n) is 6.49. The Kier molecular flexibility index (Phi) is 19.5. The number of nitrogens with zero attached hydrogens (tertiary/aromatic N) is 3. The maximum atomic E-state index is 12.3. The second kappa shape index (κ2) is 18.7. The minimum atomic E-state index is -0.152. The Morgan fingerprint density at radius 3 is 2.03 bits per heavy atom. The second-order valence-corrected chi connectivity index (χ2v) is 7.74. The summed E-state index contributed by atoms with van der Waals surface area (Å²) in [4.78, 5) is 17.9. The van der Waals surface area contributed by atoms with Crippen LogP contribution in [0.1, 0.15) is 52.9 Å². The normalized spacial score (nSPS) is 9.61. The number of imidazole rings is 1. The fraction of sp³-hybridized carbons (Fsp3) is 0.524. The molecular weight excluding hydrogens is 504 g/mol. The molecule has 2 aromatic rings. The van der Waals surface area contributed by atoms with Crippen molar-refractivity contribution in [3.63, 3.8) is 0 Å². The van der Waals surface area contributed by atoms with Crippen LogP contribution in [0.25, 0.3) is 0 Å². The fourth-order valence-corrected chi connectivity index (χ4v) is 3.46. The van der Waals surface area contributed by atoms with Crippen LogP contribution in [0.5, 0.6) is 5.75 Å². The zero-order valence-corrected chi connectivity index (χ0v) is 22.1. The molecule has 1 aromatic heterocycles. The zero-order chi connectivity index (χ0) is 21.6. The van der Waals surface area contributed by atoms with E-state index < -0.39 is 0 Å². The molecule has 0 radical (unpaired) electrons. The molecule has 0 aliphatic carbocycles. The van der Waals surface area contributed by atoms with Gasteiger partial charge in [-0.2, -0.15) is 0 Å². The van der Waals surface area contributed by atoms with Crippen molar-refractivity contribution in [1.82, 2.24) is 14.5 Å². The molecule has 0 saturated carbocycles. The summed E-state index contributed by atoms with van der Waals surface area (Å²) in [6, 6.07) is 2.97. The average Bonchev–Trinajstić information content (AvgIpc) is 3.22. The van der Waals surface area contributed by atoms with Gasteiger partial charge in [0.2, 0.25) is 0 Å². The average molecular weight is 536 g/mol. The molecule has 0 saturated heterocycles. The molecule has 0 fully saturated rings. The monoisotopic (exact) mass is 533 g/mol. The van der Waals surface area contributed by atoms with Crippen LogP contribution in [0.15, 0.2) is 30.9 Å². The molecule has 31 heavy (non-hydrogen) atoms. The van der Waals surface area contributed by atoms with Gasteiger partial charge in [-0.3, -0.25) is 4.57 Å². The van der Waals surface area contributed by atoms with Gasteiger partial charge in [0.05, 0.1) is 16.6 Å². The van der Waals surface area contributed by atoms with Crippen molar-refractivity contribution in [2.75, 3.05) is 19.7 Å². The summed E-state index contributed by atoms with van der Waals surface area (Å²) in [6.07, 6.45) is 11.0. The van der Waals surface area contributed by atoms with Crippen LogP contribution in [-0.2, 0) is 0 Å². The van der Waals surface area contributed by atoms with Gasteiger partial charge >= 0.3 is 6.03 Å². The largest absolute Gasteiger partial charge is 0.489 e. The summed E-state index contributed by atoms with van der Waals surface area (Å²) in [5, 5.41) is 1.12. The summed E-state index contributed by atoms with van der Waals surface area (Å²) < 4.78 is 7.05. The number of hydrogen-bond donors (Lipinski definition) is 0. The number of aromatic nitrogens is 2. The van der Waals surface area contributed by atoms with Gasteiger partial charge in [0.15, 0.2) is 5.75 Å². The summed E-state index contributed by atoms with van der Waals surface area (Å²) in [7, 11) is 0. The van der Waals surface area contributed by atoms with E-state index in [-0.39, 0.29) is 37.5 Å². The summed E-state index contributed by atoms with van der Waals surface area (Å²) >= 11 is 18.0. The van der Waals surface area contributed by atoms with Crippen molar-refractivity contribution in [2.24, 2.45) is 0 Å². The van der Waals surface area contributed by atoms with Crippen molar-refractivity contribution in [2.45, 2.75) is 52.9 Å². The molecular formula is C21H32Cl5N3O2. The first-order valence-corrected chi connectivity index (χ1v) is 11.1. The van der Waals surface area contributed by atoms with E-state index >= 15 is 0 Å². The number of benzene rings is 1. The lowest BCUT2D eigenvalue weighted by atomic mass is 10.2. The van der Waals surface area contributed by atoms with Crippen LogP contribution in [0.3, 0.4) is 0 Å². The molecule has 5 nitrogen and oxygen atoms in total. The lowest BCUT2D eigenvalue weighted by molar-refractivity contribution is 0.184. The van der Waals surface area contributed by atoms with E-state index in [1.807, 2.05) is 6.92 Å². The molecule has 0 N–H and O–H groups in total. The van der Waals surface area contributed by atoms with E-state index in [0.29, 0.717) is 33.9 Å². The van der Waals surface area contributed by atoms with Gasteiger partial charge in [-0.1, -0.05) is 81.3 Å². The van der Waals surface area contributed by atoms with Crippen molar-refractivity contribution >= 4 is 65.6 Å². The molecule has 1 aromatic carbocycles. The maximum Gasteiger partial charge on any atom is 0.329 e. The van der Waals surface area contributed by atoms with E-state index in [1.54, 1.807) is 29.4 Å². The lowest BCUT2D eigenvalue weighted by Gasteiger charge is -2.22. The predicted molar refractivity (Wildman–Crippen MR) is 136 cm³/mol. The van der Waals surface area contributed by atoms with Crippen molar-refractivity contribution in [3.05, 3.63) is 45.9 Å². The molecule has 178 valence electrons. The highest BCUT2D eigenvalue weighted by Gasteiger charge is 2.15. The third-order valence-electron chi connectivity index (χ3n) is 4.02. The standard InChI is InChI=1S/C15H16Cl3N3O2.C6H14.2ClH/c1-2-4-20(15(22)21-5-3-19-10-21)6-7-23-14-12(17)8-11(16)9-13(14)18;1-3-5-6-4-2;;/h3,5,8-10H,2,4,6-7H2,1H3;3-6H2,1-2H3;2*1H. The van der Waals surface area contributed by atoms with Crippen LogP contribution in [0.2, 0.25) is 15.1 Å². The molecule has 0 aliphatic rings. The lowest BCUT2D eigenvalue weighted by Crippen LogP contribution is -2.37. The number of hydrogen-bond acceptors (Lipinski definition) is 3. The van der Waals surface area contributed by atoms with E-state index in [4.69, 9.17) is 39.5 Å². The minimum absolute atomic E-state index is 0. The van der Waals surface area contributed by atoms with Gasteiger partial charge < -0.3 is 9.64 Å². The third kappa shape index (κ3) is 12.1. The first kappa shape index (κ1) is 32.3. The zero-order valence-electron chi connectivity index (χ0n) is 18.2. The Hall–Kier alpha value is -0.850. The van der Waals surface area contributed by atoms with E-state index in [9.17, 15) is 4.79 Å². The van der Waals surface area contributed by atoms with E-state index in [2.05, 4.69) is 18.8 Å². The maximum absolute atomic E-state index is 12.3. The Morgan fingerprint density at radius 2 is 1.58 bits per heavy atom. The fourth-order valence-electron chi connectivity index (χ4n) is 2.53. The number of halogens is 5. The van der Waals surface area contributed by atoms with Gasteiger partial charge in [0.25, 0.3) is 0 Å². The van der Waals surface area contributed by atoms with Gasteiger partial charge in [0.1, 0.15) is 12.9 Å². The predicted octanol–water partition coefficient (Wildman–Crippen LogP) is 8.03. The van der Waals surface area contributed by atoms with Gasteiger partial charge in [-0.05, 0) is 18.6 Å². The molecule has 0 bridgehead atoms. The van der Waals surface area contributed by atoms with Crippen LogP contribution in [0.4, 0.5) is 4.79 Å². The summed E-state index contributed by atoms with van der Waals surface area (Å²) in [5.41, 5.74) is 0. The highest BCUT2D eigenvalue weighted by atomic mass is 35.5. The van der Waals surface area contributed by atoms with Crippen molar-refractivity contribution in [1.29, 1.82) is 0 Å². The quantitative estimate of drug-likeness (QED) is 0.305. The van der Waals surface area contributed by atoms with Crippen LogP contribution >= 0.6 is 59.6 Å². The van der Waals surface area contributed by atoms with E-state index in [0.717, 1.165) is 6.42 Å². The van der Waals surface area contributed by atoms with Gasteiger partial charge in [0, 0.05) is 24.0 Å². The van der Waals surface area contributed by atoms with Crippen LogP contribution in [-0.4, -0.2) is 40.2 Å². The molecule has 10 heteroatoms. The Bertz CT molecular complexity index is 703. The van der Waals surface area contributed by atoms with E-state index in [1.165, 1.54) is 36.6 Å². The smallest absolute Gasteiger partial charge is 0.329 e. The first-order chi connectivity index (χ1) is 13.9. The first-order valence-electron chi connectivity index (χ1n) is 9.99. The number of rotatable bonds is 9. The number of ether oxygens (including phenoxy) is 1. The molecule has 0 atom stereocenters. The molecule has 2 rings (SSSR count). The Labute approximate surface area is 213 Å². The minimum Gasteiger partial charge on any atom is -0.489 e. The summed E-state index contributed by atoms with van der Waals surface area (Å²) in [6.45, 7) is 7.75.